The van der Waals surface area contributed by atoms with Crippen LogP contribution in [0.1, 0.15) is 5.56 Å². The molecule has 0 saturated carbocycles. The van der Waals surface area contributed by atoms with Gasteiger partial charge in [0.05, 0.1) is 4.90 Å². The van der Waals surface area contributed by atoms with Crippen LogP contribution in [0.25, 0.3) is 0 Å². The molecule has 0 aliphatic rings. The van der Waals surface area contributed by atoms with Gasteiger partial charge in [-0.15, -0.1) is 0 Å². The smallest absolute Gasteiger partial charge is 0.240 e. The lowest BCUT2D eigenvalue weighted by molar-refractivity contribution is 0.577. The van der Waals surface area contributed by atoms with Crippen LogP contribution in [0.2, 0.25) is 0 Å². The Kier molecular flexibility index (Phi) is 4.54. The second-order valence-electron chi connectivity index (χ2n) is 4.50. The molecule has 0 fully saturated rings. The monoisotopic (exact) mass is 312 g/mol. The lowest BCUT2D eigenvalue weighted by atomic mass is 10.1. The lowest BCUT2D eigenvalue weighted by Crippen LogP contribution is -2.26. The summed E-state index contributed by atoms with van der Waals surface area (Å²) in [5.41, 5.74) is 6.11. The van der Waals surface area contributed by atoms with Crippen molar-refractivity contribution in [1.29, 1.82) is 0 Å². The lowest BCUT2D eigenvalue weighted by Gasteiger charge is -2.08. The van der Waals surface area contributed by atoms with Crippen LogP contribution in [0, 0.1) is 11.6 Å². The molecule has 0 aliphatic carbocycles. The third-order valence-electron chi connectivity index (χ3n) is 2.80. The van der Waals surface area contributed by atoms with Crippen molar-refractivity contribution in [3.8, 4) is 0 Å². The zero-order chi connectivity index (χ0) is 15.5. The van der Waals surface area contributed by atoms with Crippen molar-refractivity contribution in [3.05, 3.63) is 59.7 Å². The van der Waals surface area contributed by atoms with E-state index >= 15 is 0 Å². The molecule has 2 aromatic carbocycles. The number of halogens is 2. The predicted octanol–water partition coefficient (Wildman–Crippen LogP) is 2.07. The summed E-state index contributed by atoms with van der Waals surface area (Å²) in [7, 11) is -3.85. The van der Waals surface area contributed by atoms with Gasteiger partial charge in [-0.25, -0.2) is 21.9 Å². The first-order valence-corrected chi connectivity index (χ1v) is 7.65. The van der Waals surface area contributed by atoms with Crippen LogP contribution < -0.4 is 10.5 Å². The zero-order valence-corrected chi connectivity index (χ0v) is 11.8. The molecule has 2 rings (SSSR count). The molecular weight excluding hydrogens is 298 g/mol. The van der Waals surface area contributed by atoms with Crippen LogP contribution in [0.4, 0.5) is 14.5 Å². The van der Waals surface area contributed by atoms with Crippen LogP contribution >= 0.6 is 0 Å². The fraction of sp³-hybridized carbons (Fsp3) is 0.143. The van der Waals surface area contributed by atoms with Gasteiger partial charge in [-0.2, -0.15) is 0 Å². The van der Waals surface area contributed by atoms with Crippen LogP contribution in [0.5, 0.6) is 0 Å². The van der Waals surface area contributed by atoms with E-state index in [-0.39, 0.29) is 22.9 Å². The molecule has 0 aromatic heterocycles. The Morgan fingerprint density at radius 3 is 2.48 bits per heavy atom. The highest BCUT2D eigenvalue weighted by molar-refractivity contribution is 7.89. The average molecular weight is 312 g/mol. The average Bonchev–Trinajstić information content (AvgIpc) is 2.37. The number of anilines is 1. The summed E-state index contributed by atoms with van der Waals surface area (Å²) in [5, 5.41) is 0. The predicted molar refractivity (Wildman–Crippen MR) is 76.1 cm³/mol. The fourth-order valence-corrected chi connectivity index (χ4v) is 2.94. The summed E-state index contributed by atoms with van der Waals surface area (Å²) in [6, 6.07) is 8.97. The van der Waals surface area contributed by atoms with Crippen LogP contribution in [0.15, 0.2) is 47.4 Å². The Labute approximate surface area is 121 Å². The molecule has 0 spiro atoms. The molecule has 21 heavy (non-hydrogen) atoms. The third kappa shape index (κ3) is 4.24. The second kappa shape index (κ2) is 6.19. The largest absolute Gasteiger partial charge is 0.399 e. The van der Waals surface area contributed by atoms with Gasteiger partial charge >= 0.3 is 0 Å². The van der Waals surface area contributed by atoms with Gasteiger partial charge < -0.3 is 5.73 Å². The molecule has 3 N–H and O–H groups in total. The normalized spacial score (nSPS) is 11.5. The number of rotatable bonds is 5. The van der Waals surface area contributed by atoms with Crippen molar-refractivity contribution < 1.29 is 17.2 Å². The molecule has 0 saturated heterocycles. The van der Waals surface area contributed by atoms with E-state index in [0.29, 0.717) is 12.0 Å². The summed E-state index contributed by atoms with van der Waals surface area (Å²) in [5.74, 6) is -1.10. The Hall–Kier alpha value is -1.99. The highest BCUT2D eigenvalue weighted by Gasteiger charge is 2.15. The van der Waals surface area contributed by atoms with Crippen molar-refractivity contribution in [2.24, 2.45) is 0 Å². The first kappa shape index (κ1) is 15.4. The third-order valence-corrected chi connectivity index (χ3v) is 4.24. The number of nitrogens with two attached hydrogens (primary N) is 1. The van der Waals surface area contributed by atoms with Gasteiger partial charge in [0.1, 0.15) is 11.6 Å². The molecule has 0 unspecified atom stereocenters. The Balaban J connectivity index is 2.04. The van der Waals surface area contributed by atoms with Gasteiger partial charge in [-0.3, -0.25) is 0 Å². The van der Waals surface area contributed by atoms with Gasteiger partial charge in [0.15, 0.2) is 0 Å². The summed E-state index contributed by atoms with van der Waals surface area (Å²) < 4.78 is 52.5. The minimum absolute atomic E-state index is 0.0282. The molecular formula is C14H14F2N2O2S. The molecule has 0 radical (unpaired) electrons. The Morgan fingerprint density at radius 2 is 1.81 bits per heavy atom. The number of hydrogen-bond acceptors (Lipinski definition) is 3. The Bertz CT molecular complexity index is 728. The molecule has 0 aliphatic heterocycles. The summed E-state index contributed by atoms with van der Waals surface area (Å²) >= 11 is 0. The number of hydrogen-bond donors (Lipinski definition) is 2. The molecule has 0 heterocycles. The van der Waals surface area contributed by atoms with Gasteiger partial charge in [0.25, 0.3) is 0 Å². The summed E-state index contributed by atoms with van der Waals surface area (Å²) in [6.07, 6.45) is 0.321. The first-order valence-electron chi connectivity index (χ1n) is 6.17. The van der Waals surface area contributed by atoms with Crippen molar-refractivity contribution in [3.63, 3.8) is 0 Å². The number of nitrogens with one attached hydrogen (secondary N) is 1. The molecule has 0 atom stereocenters. The van der Waals surface area contributed by atoms with Gasteiger partial charge in [-0.1, -0.05) is 12.1 Å². The van der Waals surface area contributed by atoms with Gasteiger partial charge in [0, 0.05) is 12.2 Å². The highest BCUT2D eigenvalue weighted by Crippen LogP contribution is 2.15. The number of benzene rings is 2. The van der Waals surface area contributed by atoms with E-state index in [1.165, 1.54) is 18.2 Å². The molecule has 7 heteroatoms. The molecule has 4 nitrogen and oxygen atoms in total. The SMILES string of the molecule is Nc1cc(F)cc(S(=O)(=O)NCCc2cccc(F)c2)c1. The van der Waals surface area contributed by atoms with Gasteiger partial charge in [-0.05, 0) is 42.3 Å². The maximum absolute atomic E-state index is 13.2. The van der Waals surface area contributed by atoms with E-state index in [4.69, 9.17) is 5.73 Å². The van der Waals surface area contributed by atoms with E-state index in [2.05, 4.69) is 4.72 Å². The van der Waals surface area contributed by atoms with E-state index in [1.54, 1.807) is 12.1 Å². The molecule has 0 amide bonds. The van der Waals surface area contributed by atoms with Crippen LogP contribution in [-0.4, -0.2) is 15.0 Å². The molecule has 0 bridgehead atoms. The van der Waals surface area contributed by atoms with Crippen molar-refractivity contribution >= 4 is 15.7 Å². The maximum Gasteiger partial charge on any atom is 0.240 e. The van der Waals surface area contributed by atoms with Crippen molar-refractivity contribution in [2.45, 2.75) is 11.3 Å². The quantitative estimate of drug-likeness (QED) is 0.830. The first-order chi connectivity index (χ1) is 9.87. The second-order valence-corrected chi connectivity index (χ2v) is 6.26. The standard InChI is InChI=1S/C14H14F2N2O2S/c15-11-3-1-2-10(6-11)4-5-18-21(19,20)14-8-12(16)7-13(17)9-14/h1-3,6-9,18H,4-5,17H2. The fourth-order valence-electron chi connectivity index (χ4n) is 1.85. The van der Waals surface area contributed by atoms with Crippen LogP contribution in [-0.2, 0) is 16.4 Å². The van der Waals surface area contributed by atoms with E-state index < -0.39 is 15.8 Å². The van der Waals surface area contributed by atoms with E-state index in [9.17, 15) is 17.2 Å². The minimum Gasteiger partial charge on any atom is -0.399 e. The van der Waals surface area contributed by atoms with Gasteiger partial charge in [0.2, 0.25) is 10.0 Å². The summed E-state index contributed by atoms with van der Waals surface area (Å²) in [4.78, 5) is -0.237. The topological polar surface area (TPSA) is 72.2 Å². The summed E-state index contributed by atoms with van der Waals surface area (Å²) in [6.45, 7) is 0.0716. The Morgan fingerprint density at radius 1 is 1.05 bits per heavy atom. The van der Waals surface area contributed by atoms with E-state index in [1.807, 2.05) is 0 Å². The molecule has 2 aromatic rings. The maximum atomic E-state index is 13.2. The highest BCUT2D eigenvalue weighted by atomic mass is 32.2. The number of sulfonamides is 1. The number of nitrogen functional groups attached to an aromatic ring is 1. The molecule has 112 valence electrons. The zero-order valence-electron chi connectivity index (χ0n) is 11.0. The van der Waals surface area contributed by atoms with Crippen molar-refractivity contribution in [2.75, 3.05) is 12.3 Å². The minimum atomic E-state index is -3.85. The van der Waals surface area contributed by atoms with Crippen molar-refractivity contribution in [1.82, 2.24) is 4.72 Å². The van der Waals surface area contributed by atoms with Crippen LogP contribution in [0.3, 0.4) is 0 Å². The van der Waals surface area contributed by atoms with E-state index in [0.717, 1.165) is 12.1 Å².